The number of hydrogen-bond donors (Lipinski definition) is 2. The smallest absolute Gasteiger partial charge is 0.206 e. The van der Waals surface area contributed by atoms with Crippen molar-refractivity contribution in [3.8, 4) is 46.7 Å². The zero-order valence-electron chi connectivity index (χ0n) is 23.2. The fraction of sp³-hybridized carbons (Fsp3) is 0.176. The maximum Gasteiger partial charge on any atom is 0.206 e. The van der Waals surface area contributed by atoms with Crippen LogP contribution in [0.2, 0.25) is 0 Å². The van der Waals surface area contributed by atoms with Crippen molar-refractivity contribution in [3.63, 3.8) is 0 Å². The van der Waals surface area contributed by atoms with E-state index in [1.807, 2.05) is 0 Å². The molecule has 4 rings (SSSR count). The van der Waals surface area contributed by atoms with Gasteiger partial charge in [-0.1, -0.05) is 23.7 Å². The lowest BCUT2D eigenvalue weighted by atomic mass is 10.1. The van der Waals surface area contributed by atoms with Gasteiger partial charge in [-0.3, -0.25) is 0 Å². The van der Waals surface area contributed by atoms with Crippen LogP contribution in [0, 0.1) is 23.7 Å². The van der Waals surface area contributed by atoms with Crippen molar-refractivity contribution in [1.29, 1.82) is 0 Å². The van der Waals surface area contributed by atoms with E-state index in [0.29, 0.717) is 23.0 Å². The molecule has 0 aliphatic heterocycles. The maximum absolute atomic E-state index is 13.2. The lowest BCUT2D eigenvalue weighted by Gasteiger charge is -2.10. The molecule has 0 unspecified atom stereocenters. The van der Waals surface area contributed by atoms with E-state index in [4.69, 9.17) is 9.47 Å². The summed E-state index contributed by atoms with van der Waals surface area (Å²) in [6.07, 6.45) is 0. The minimum Gasteiger partial charge on any atom is -0.457 e. The Morgan fingerprint density at radius 3 is 1.05 bits per heavy atom. The number of ether oxygens (including phenoxy) is 2. The lowest BCUT2D eigenvalue weighted by Crippen LogP contribution is -2.14. The molecule has 0 aliphatic carbocycles. The van der Waals surface area contributed by atoms with Crippen LogP contribution in [0.25, 0.3) is 0 Å². The van der Waals surface area contributed by atoms with Crippen LogP contribution in [0.1, 0.15) is 38.8 Å². The van der Waals surface area contributed by atoms with Gasteiger partial charge >= 0.3 is 0 Å². The normalized spacial score (nSPS) is 11.5. The summed E-state index contributed by atoms with van der Waals surface area (Å²) >= 11 is 0. The monoisotopic (exact) mass is 566 g/mol. The zero-order chi connectivity index (χ0) is 29.7. The van der Waals surface area contributed by atoms with E-state index in [2.05, 4.69) is 23.7 Å². The summed E-state index contributed by atoms with van der Waals surface area (Å²) in [5.74, 6) is 13.4. The van der Waals surface area contributed by atoms with E-state index in [-0.39, 0.29) is 9.79 Å². The summed E-state index contributed by atoms with van der Waals surface area (Å²) in [5.41, 5.74) is -0.668. The van der Waals surface area contributed by atoms with Crippen molar-refractivity contribution in [2.24, 2.45) is 0 Å². The highest BCUT2D eigenvalue weighted by Crippen LogP contribution is 2.28. The summed E-state index contributed by atoms with van der Waals surface area (Å²) in [5, 5.41) is 19.5. The van der Waals surface area contributed by atoms with Gasteiger partial charge in [0.2, 0.25) is 9.84 Å². The van der Waals surface area contributed by atoms with Gasteiger partial charge in [-0.15, -0.1) is 0 Å². The van der Waals surface area contributed by atoms with Crippen molar-refractivity contribution in [2.45, 2.75) is 48.7 Å². The summed E-state index contributed by atoms with van der Waals surface area (Å²) in [6, 6.07) is 26.5. The van der Waals surface area contributed by atoms with Gasteiger partial charge in [0, 0.05) is 11.1 Å². The first-order valence-corrected chi connectivity index (χ1v) is 14.3. The standard InChI is InChI=1S/C34H30O6S/c1-33(2,35)23-21-25-5-9-27(10-6-25)39-29-13-17-31(18-14-29)41(37,38)32-19-15-30(16-20-32)40-28-11-7-26(8-12-28)22-24-34(3,4)36/h5-20,35-36H,1-4H3. The SMILES string of the molecule is CC(C)(O)C#Cc1ccc(Oc2ccc(S(=O)(=O)c3ccc(Oc4ccc(C#CC(C)(C)O)cc4)cc3)cc2)cc1. The average Bonchev–Trinajstić information content (AvgIpc) is 2.92. The number of hydrogen-bond acceptors (Lipinski definition) is 6. The van der Waals surface area contributed by atoms with Gasteiger partial charge in [-0.2, -0.15) is 0 Å². The zero-order valence-corrected chi connectivity index (χ0v) is 24.0. The third-order valence-corrected chi connectivity index (χ3v) is 7.26. The molecule has 0 aliphatic rings. The first kappa shape index (κ1) is 29.5. The molecule has 208 valence electrons. The molecule has 0 spiro atoms. The van der Waals surface area contributed by atoms with Gasteiger partial charge in [0.1, 0.15) is 34.2 Å². The van der Waals surface area contributed by atoms with Gasteiger partial charge in [0.05, 0.1) is 9.79 Å². The largest absolute Gasteiger partial charge is 0.457 e. The highest BCUT2D eigenvalue weighted by molar-refractivity contribution is 7.91. The molecule has 4 aromatic rings. The molecule has 0 saturated heterocycles. The third-order valence-electron chi connectivity index (χ3n) is 5.47. The second kappa shape index (κ2) is 11.9. The Labute approximate surface area is 241 Å². The average molecular weight is 567 g/mol. The number of benzene rings is 4. The molecule has 6 nitrogen and oxygen atoms in total. The molecule has 0 amide bonds. The number of sulfone groups is 1. The molecule has 0 aromatic heterocycles. The molecule has 41 heavy (non-hydrogen) atoms. The van der Waals surface area contributed by atoms with Gasteiger partial charge in [-0.05, 0) is 125 Å². The highest BCUT2D eigenvalue weighted by Gasteiger charge is 2.18. The molecular formula is C34H30O6S. The second-order valence-corrected chi connectivity index (χ2v) is 12.3. The molecular weight excluding hydrogens is 536 g/mol. The maximum atomic E-state index is 13.2. The van der Waals surface area contributed by atoms with E-state index in [1.54, 1.807) is 100 Å². The number of aliphatic hydroxyl groups is 2. The first-order chi connectivity index (χ1) is 19.3. The predicted molar refractivity (Wildman–Crippen MR) is 158 cm³/mol. The Balaban J connectivity index is 1.39. The van der Waals surface area contributed by atoms with Crippen LogP contribution in [0.4, 0.5) is 0 Å². The third kappa shape index (κ3) is 8.73. The van der Waals surface area contributed by atoms with Gasteiger partial charge in [-0.25, -0.2) is 8.42 Å². The Morgan fingerprint density at radius 2 is 0.780 bits per heavy atom. The number of rotatable bonds is 6. The quantitative estimate of drug-likeness (QED) is 0.264. The van der Waals surface area contributed by atoms with Gasteiger partial charge < -0.3 is 19.7 Å². The van der Waals surface area contributed by atoms with E-state index >= 15 is 0 Å². The Bertz CT molecular complexity index is 1590. The van der Waals surface area contributed by atoms with Crippen molar-refractivity contribution >= 4 is 9.84 Å². The van der Waals surface area contributed by atoms with Gasteiger partial charge in [0.15, 0.2) is 0 Å². The Kier molecular flexibility index (Phi) is 8.56. The molecule has 0 bridgehead atoms. The molecule has 4 aromatic carbocycles. The fourth-order valence-corrected chi connectivity index (χ4v) is 4.71. The molecule has 0 saturated carbocycles. The molecule has 0 heterocycles. The minimum atomic E-state index is -3.75. The molecule has 0 atom stereocenters. The minimum absolute atomic E-state index is 0.138. The first-order valence-electron chi connectivity index (χ1n) is 12.8. The second-order valence-electron chi connectivity index (χ2n) is 10.3. The van der Waals surface area contributed by atoms with Crippen LogP contribution in [0.3, 0.4) is 0 Å². The van der Waals surface area contributed by atoms with E-state index in [0.717, 1.165) is 11.1 Å². The molecule has 0 radical (unpaired) electrons. The Hall–Kier alpha value is -4.53. The van der Waals surface area contributed by atoms with E-state index < -0.39 is 21.0 Å². The van der Waals surface area contributed by atoms with E-state index in [9.17, 15) is 18.6 Å². The summed E-state index contributed by atoms with van der Waals surface area (Å²) in [4.78, 5) is 0.275. The van der Waals surface area contributed by atoms with Crippen molar-refractivity contribution in [2.75, 3.05) is 0 Å². The fourth-order valence-electron chi connectivity index (χ4n) is 3.44. The summed E-state index contributed by atoms with van der Waals surface area (Å²) < 4.78 is 38.0. The van der Waals surface area contributed by atoms with Crippen molar-refractivity contribution < 1.29 is 28.1 Å². The molecule has 2 N–H and O–H groups in total. The topological polar surface area (TPSA) is 93.1 Å². The molecule has 0 fully saturated rings. The lowest BCUT2D eigenvalue weighted by molar-refractivity contribution is 0.143. The van der Waals surface area contributed by atoms with Crippen LogP contribution in [-0.2, 0) is 9.84 Å². The van der Waals surface area contributed by atoms with Crippen LogP contribution in [-0.4, -0.2) is 29.8 Å². The van der Waals surface area contributed by atoms with Crippen LogP contribution < -0.4 is 9.47 Å². The van der Waals surface area contributed by atoms with Crippen LogP contribution >= 0.6 is 0 Å². The summed E-state index contributed by atoms with van der Waals surface area (Å²) in [7, 11) is -3.75. The van der Waals surface area contributed by atoms with E-state index in [1.165, 1.54) is 24.3 Å². The highest BCUT2D eigenvalue weighted by atomic mass is 32.2. The van der Waals surface area contributed by atoms with Crippen LogP contribution in [0.15, 0.2) is 107 Å². The van der Waals surface area contributed by atoms with Gasteiger partial charge in [0.25, 0.3) is 0 Å². The summed E-state index contributed by atoms with van der Waals surface area (Å²) in [6.45, 7) is 6.47. The van der Waals surface area contributed by atoms with Crippen molar-refractivity contribution in [3.05, 3.63) is 108 Å². The molecule has 7 heteroatoms. The van der Waals surface area contributed by atoms with Crippen molar-refractivity contribution in [1.82, 2.24) is 0 Å². The Morgan fingerprint density at radius 1 is 0.512 bits per heavy atom. The van der Waals surface area contributed by atoms with Crippen LogP contribution in [0.5, 0.6) is 23.0 Å². The predicted octanol–water partition coefficient (Wildman–Crippen LogP) is 6.35.